The molecule has 3 rings (SSSR count). The normalized spacial score (nSPS) is 15.9. The Bertz CT molecular complexity index is 806. The highest BCUT2D eigenvalue weighted by Crippen LogP contribution is 2.45. The molecular formula is C19H21BClN2O2. The number of hydrogen-bond donors (Lipinski definition) is 0. The smallest absolute Gasteiger partial charge is 0.438 e. The van der Waals surface area contributed by atoms with Crippen molar-refractivity contribution in [2.45, 2.75) is 25.7 Å². The van der Waals surface area contributed by atoms with Gasteiger partial charge < -0.3 is 14.2 Å². The standard InChI is InChI=1S/C19H21BClN2O2/c1-3-4-7-25-18-9-17-19(14(10-21)12-23(17)20-24-2)16-8-13(11-22)5-6-15(16)18/h5-6,8-9,14H,3-4,7,10,12H2,1-2H3. The van der Waals surface area contributed by atoms with E-state index in [9.17, 15) is 5.26 Å². The van der Waals surface area contributed by atoms with Crippen LogP contribution < -0.4 is 9.55 Å². The van der Waals surface area contributed by atoms with Gasteiger partial charge in [0.15, 0.2) is 0 Å². The number of hydrogen-bond acceptors (Lipinski definition) is 4. The molecule has 1 radical (unpaired) electrons. The van der Waals surface area contributed by atoms with Gasteiger partial charge in [0.25, 0.3) is 0 Å². The third kappa shape index (κ3) is 3.42. The molecule has 1 unspecified atom stereocenters. The van der Waals surface area contributed by atoms with Crippen molar-refractivity contribution in [1.29, 1.82) is 5.26 Å². The van der Waals surface area contributed by atoms with Gasteiger partial charge in [0.05, 0.1) is 18.2 Å². The maximum atomic E-state index is 9.30. The van der Waals surface area contributed by atoms with Gasteiger partial charge in [-0.2, -0.15) is 5.26 Å². The number of anilines is 1. The van der Waals surface area contributed by atoms with E-state index in [-0.39, 0.29) is 5.92 Å². The second-order valence-corrected chi connectivity index (χ2v) is 6.53. The van der Waals surface area contributed by atoms with Gasteiger partial charge in [0.1, 0.15) is 5.75 Å². The first kappa shape index (κ1) is 17.9. The Morgan fingerprint density at radius 2 is 2.20 bits per heavy atom. The maximum absolute atomic E-state index is 9.30. The Hall–Kier alpha value is -1.90. The van der Waals surface area contributed by atoms with Crippen molar-refractivity contribution in [2.75, 3.05) is 31.0 Å². The van der Waals surface area contributed by atoms with Crippen LogP contribution in [0.3, 0.4) is 0 Å². The van der Waals surface area contributed by atoms with Gasteiger partial charge in [0, 0.05) is 42.6 Å². The van der Waals surface area contributed by atoms with Gasteiger partial charge in [-0.15, -0.1) is 11.6 Å². The molecule has 0 bridgehead atoms. The molecule has 1 atom stereocenters. The molecule has 1 heterocycles. The predicted octanol–water partition coefficient (Wildman–Crippen LogP) is 4.21. The van der Waals surface area contributed by atoms with Crippen LogP contribution in [-0.4, -0.2) is 33.8 Å². The minimum atomic E-state index is 0.184. The minimum absolute atomic E-state index is 0.184. The molecule has 0 saturated heterocycles. The molecule has 0 aromatic heterocycles. The summed E-state index contributed by atoms with van der Waals surface area (Å²) in [6.45, 7) is 3.58. The van der Waals surface area contributed by atoms with E-state index < -0.39 is 0 Å². The molecular weight excluding hydrogens is 334 g/mol. The fourth-order valence-electron chi connectivity index (χ4n) is 3.36. The summed E-state index contributed by atoms with van der Waals surface area (Å²) in [5, 5.41) is 11.4. The molecule has 0 saturated carbocycles. The van der Waals surface area contributed by atoms with E-state index in [0.717, 1.165) is 41.6 Å². The van der Waals surface area contributed by atoms with Gasteiger partial charge in [-0.3, -0.25) is 0 Å². The van der Waals surface area contributed by atoms with Gasteiger partial charge in [-0.25, -0.2) is 0 Å². The molecule has 1 aliphatic heterocycles. The summed E-state index contributed by atoms with van der Waals surface area (Å²) in [6.07, 6.45) is 2.09. The van der Waals surface area contributed by atoms with Crippen molar-refractivity contribution >= 4 is 35.7 Å². The SMILES string of the molecule is CCCCOc1cc2c(c3cc(C#N)ccc13)C(CCl)CN2[B]OC. The van der Waals surface area contributed by atoms with Crippen molar-refractivity contribution in [3.05, 3.63) is 35.4 Å². The molecule has 0 fully saturated rings. The third-order valence-corrected chi connectivity index (χ3v) is 4.93. The van der Waals surface area contributed by atoms with E-state index >= 15 is 0 Å². The average molecular weight is 356 g/mol. The van der Waals surface area contributed by atoms with Crippen LogP contribution in [-0.2, 0) is 4.65 Å². The van der Waals surface area contributed by atoms with Crippen molar-refractivity contribution in [3.8, 4) is 11.8 Å². The van der Waals surface area contributed by atoms with Crippen LogP contribution in [0.4, 0.5) is 5.69 Å². The Kier molecular flexibility index (Phi) is 5.72. The third-order valence-electron chi connectivity index (χ3n) is 4.56. The monoisotopic (exact) mass is 355 g/mol. The molecule has 0 aliphatic carbocycles. The number of ether oxygens (including phenoxy) is 1. The summed E-state index contributed by atoms with van der Waals surface area (Å²) in [5.74, 6) is 1.55. The first-order valence-corrected chi connectivity index (χ1v) is 9.09. The van der Waals surface area contributed by atoms with Crippen molar-refractivity contribution in [2.24, 2.45) is 0 Å². The van der Waals surface area contributed by atoms with Gasteiger partial charge in [-0.1, -0.05) is 13.3 Å². The summed E-state index contributed by atoms with van der Waals surface area (Å²) in [4.78, 5) is 2.06. The quantitative estimate of drug-likeness (QED) is 0.424. The highest BCUT2D eigenvalue weighted by molar-refractivity contribution is 6.35. The maximum Gasteiger partial charge on any atom is 0.438 e. The van der Waals surface area contributed by atoms with Crippen LogP contribution in [0.15, 0.2) is 24.3 Å². The predicted molar refractivity (Wildman–Crippen MR) is 103 cm³/mol. The summed E-state index contributed by atoms with van der Waals surface area (Å²) in [5.41, 5.74) is 2.85. The van der Waals surface area contributed by atoms with Gasteiger partial charge >= 0.3 is 7.62 Å². The summed E-state index contributed by atoms with van der Waals surface area (Å²) in [6, 6.07) is 10.1. The number of halogens is 1. The lowest BCUT2D eigenvalue weighted by atomic mass is 9.94. The minimum Gasteiger partial charge on any atom is -0.493 e. The lowest BCUT2D eigenvalue weighted by molar-refractivity contribution is 0.313. The van der Waals surface area contributed by atoms with E-state index in [1.807, 2.05) is 18.2 Å². The molecule has 2 aromatic carbocycles. The molecule has 0 N–H and O–H groups in total. The molecule has 0 amide bonds. The Labute approximate surface area is 154 Å². The fraction of sp³-hybridized carbons (Fsp3) is 0.421. The number of unbranched alkanes of at least 4 members (excludes halogenated alkanes) is 1. The number of rotatable bonds is 7. The highest BCUT2D eigenvalue weighted by atomic mass is 35.5. The zero-order valence-electron chi connectivity index (χ0n) is 14.6. The number of nitrogens with zero attached hydrogens (tertiary/aromatic N) is 2. The number of alkyl halides is 1. The second kappa shape index (κ2) is 7.99. The zero-order chi connectivity index (χ0) is 17.8. The topological polar surface area (TPSA) is 45.5 Å². The van der Waals surface area contributed by atoms with E-state index in [2.05, 4.69) is 23.9 Å². The molecule has 0 spiro atoms. The molecule has 25 heavy (non-hydrogen) atoms. The first-order valence-electron chi connectivity index (χ1n) is 8.55. The average Bonchev–Trinajstić information content (AvgIpc) is 2.99. The fourth-order valence-corrected chi connectivity index (χ4v) is 3.61. The van der Waals surface area contributed by atoms with E-state index in [1.54, 1.807) is 14.7 Å². The Morgan fingerprint density at radius 3 is 2.88 bits per heavy atom. The van der Waals surface area contributed by atoms with Crippen LogP contribution in [0, 0.1) is 11.3 Å². The lowest BCUT2D eigenvalue weighted by Crippen LogP contribution is -2.28. The molecule has 4 nitrogen and oxygen atoms in total. The number of benzene rings is 2. The second-order valence-electron chi connectivity index (χ2n) is 6.23. The van der Waals surface area contributed by atoms with Crippen molar-refractivity contribution < 1.29 is 9.39 Å². The van der Waals surface area contributed by atoms with Crippen molar-refractivity contribution in [1.82, 2.24) is 0 Å². The number of fused-ring (bicyclic) bond motifs is 3. The van der Waals surface area contributed by atoms with Gasteiger partial charge in [-0.05, 0) is 35.6 Å². The molecule has 2 aromatic rings. The summed E-state index contributed by atoms with van der Waals surface area (Å²) < 4.78 is 11.3. The van der Waals surface area contributed by atoms with Crippen LogP contribution >= 0.6 is 11.6 Å². The summed E-state index contributed by atoms with van der Waals surface area (Å²) >= 11 is 6.24. The first-order chi connectivity index (χ1) is 12.2. The highest BCUT2D eigenvalue weighted by Gasteiger charge is 2.32. The largest absolute Gasteiger partial charge is 0.493 e. The van der Waals surface area contributed by atoms with E-state index in [4.69, 9.17) is 21.0 Å². The molecule has 1 aliphatic rings. The summed E-state index contributed by atoms with van der Waals surface area (Å²) in [7, 11) is 3.35. The molecule has 6 heteroatoms. The number of nitriles is 1. The van der Waals surface area contributed by atoms with Gasteiger partial charge in [0.2, 0.25) is 0 Å². The van der Waals surface area contributed by atoms with Crippen LogP contribution in [0.5, 0.6) is 5.75 Å². The Morgan fingerprint density at radius 1 is 1.36 bits per heavy atom. The van der Waals surface area contributed by atoms with Crippen molar-refractivity contribution in [3.63, 3.8) is 0 Å². The Balaban J connectivity index is 2.18. The van der Waals surface area contributed by atoms with Crippen LogP contribution in [0.2, 0.25) is 0 Å². The zero-order valence-corrected chi connectivity index (χ0v) is 15.3. The molecule has 129 valence electrons. The lowest BCUT2D eigenvalue weighted by Gasteiger charge is -2.19. The van der Waals surface area contributed by atoms with E-state index in [1.165, 1.54) is 5.56 Å². The van der Waals surface area contributed by atoms with Crippen LogP contribution in [0.1, 0.15) is 36.8 Å². The van der Waals surface area contributed by atoms with Crippen LogP contribution in [0.25, 0.3) is 10.8 Å². The van der Waals surface area contributed by atoms with E-state index in [0.29, 0.717) is 18.1 Å².